The molecule has 0 unspecified atom stereocenters. The van der Waals surface area contributed by atoms with Crippen molar-refractivity contribution in [3.8, 4) is 0 Å². The zero-order valence-corrected chi connectivity index (χ0v) is 18.0. The SMILES string of the molecule is Cl.Cl.O=C(/C=C/c1cnc(N[C@]2(CC3(CO)CCCCC3)CCNC2)cn1)NO. The third-order valence-electron chi connectivity index (χ3n) is 5.79. The maximum Gasteiger partial charge on any atom is 0.267 e. The van der Waals surface area contributed by atoms with E-state index in [2.05, 4.69) is 20.6 Å². The van der Waals surface area contributed by atoms with Crippen LogP contribution in [0.1, 0.15) is 50.6 Å². The van der Waals surface area contributed by atoms with Gasteiger partial charge in [-0.1, -0.05) is 19.3 Å². The van der Waals surface area contributed by atoms with Gasteiger partial charge in [0.2, 0.25) is 0 Å². The molecule has 1 saturated carbocycles. The zero-order valence-electron chi connectivity index (χ0n) is 16.4. The Morgan fingerprint density at radius 2 is 1.93 bits per heavy atom. The molecule has 0 bridgehead atoms. The number of rotatable bonds is 7. The van der Waals surface area contributed by atoms with Crippen LogP contribution < -0.4 is 16.1 Å². The molecule has 1 amide bonds. The van der Waals surface area contributed by atoms with Gasteiger partial charge >= 0.3 is 0 Å². The maximum absolute atomic E-state index is 11.0. The maximum atomic E-state index is 11.0. The molecule has 1 aliphatic carbocycles. The van der Waals surface area contributed by atoms with Crippen molar-refractivity contribution in [1.82, 2.24) is 20.8 Å². The van der Waals surface area contributed by atoms with Crippen LogP contribution in [0.2, 0.25) is 0 Å². The number of carbonyl (C=O) groups excluding carboxylic acids is 1. The van der Waals surface area contributed by atoms with Crippen LogP contribution in [0.5, 0.6) is 0 Å². The number of carbonyl (C=O) groups is 1. The molecule has 0 spiro atoms. The van der Waals surface area contributed by atoms with Crippen LogP contribution in [-0.4, -0.2) is 51.4 Å². The summed E-state index contributed by atoms with van der Waals surface area (Å²) in [4.78, 5) is 19.8. The van der Waals surface area contributed by atoms with Gasteiger partial charge in [0.25, 0.3) is 5.91 Å². The lowest BCUT2D eigenvalue weighted by Gasteiger charge is -2.43. The van der Waals surface area contributed by atoms with E-state index in [1.54, 1.807) is 12.4 Å². The van der Waals surface area contributed by atoms with E-state index >= 15 is 0 Å². The molecule has 0 aromatic carbocycles. The second-order valence-electron chi connectivity index (χ2n) is 7.86. The summed E-state index contributed by atoms with van der Waals surface area (Å²) in [6, 6.07) is 0. The fraction of sp³-hybridized carbons (Fsp3) is 0.632. The Kier molecular flexibility index (Phi) is 10.3. The zero-order chi connectivity index (χ0) is 19.2. The average molecular weight is 448 g/mol. The summed E-state index contributed by atoms with van der Waals surface area (Å²) >= 11 is 0. The highest BCUT2D eigenvalue weighted by molar-refractivity contribution is 5.90. The Bertz CT molecular complexity index is 660. The van der Waals surface area contributed by atoms with Gasteiger partial charge in [0.15, 0.2) is 0 Å². The molecular weight excluding hydrogens is 417 g/mol. The van der Waals surface area contributed by atoms with Crippen LogP contribution in [0, 0.1) is 5.41 Å². The van der Waals surface area contributed by atoms with Crippen LogP contribution in [0.25, 0.3) is 6.08 Å². The van der Waals surface area contributed by atoms with Gasteiger partial charge in [-0.05, 0) is 43.7 Å². The van der Waals surface area contributed by atoms with Crippen LogP contribution in [-0.2, 0) is 4.79 Å². The van der Waals surface area contributed by atoms with E-state index in [9.17, 15) is 9.90 Å². The third kappa shape index (κ3) is 6.79. The first-order valence-electron chi connectivity index (χ1n) is 9.63. The van der Waals surface area contributed by atoms with Crippen molar-refractivity contribution >= 4 is 42.6 Å². The molecule has 0 radical (unpaired) electrons. The standard InChI is InChI=1S/C19H29N5O3.2ClH/c25-14-18(6-2-1-3-7-18)12-19(8-9-20-13-19)23-16-11-21-15(10-22-16)4-5-17(26)24-27;;/h4-5,10-11,20,25,27H,1-3,6-9,12-14H2,(H,22,23)(H,24,26);2*1H/b5-4+;;/t19-;;/m0../s1. The number of aliphatic hydroxyl groups is 1. The van der Waals surface area contributed by atoms with Gasteiger partial charge < -0.3 is 15.7 Å². The second-order valence-corrected chi connectivity index (χ2v) is 7.86. The van der Waals surface area contributed by atoms with Gasteiger partial charge in [-0.25, -0.2) is 10.5 Å². The van der Waals surface area contributed by atoms with Crippen molar-refractivity contribution in [2.24, 2.45) is 5.41 Å². The summed E-state index contributed by atoms with van der Waals surface area (Å²) in [5.41, 5.74) is 1.92. The quantitative estimate of drug-likeness (QED) is 0.247. The van der Waals surface area contributed by atoms with Crippen LogP contribution in [0.15, 0.2) is 18.5 Å². The highest BCUT2D eigenvalue weighted by Gasteiger charge is 2.43. The Labute approximate surface area is 183 Å². The second kappa shape index (κ2) is 11.7. The third-order valence-corrected chi connectivity index (χ3v) is 5.79. The Hall–Kier alpha value is -1.45. The molecule has 2 aliphatic rings. The van der Waals surface area contributed by atoms with E-state index < -0.39 is 5.91 Å². The van der Waals surface area contributed by atoms with E-state index in [1.165, 1.54) is 36.9 Å². The number of amides is 1. The summed E-state index contributed by atoms with van der Waals surface area (Å²) in [6.07, 6.45) is 13.6. The first-order valence-corrected chi connectivity index (χ1v) is 9.63. The molecule has 29 heavy (non-hydrogen) atoms. The van der Waals surface area contributed by atoms with Gasteiger partial charge in [0.05, 0.1) is 23.6 Å². The molecule has 1 aliphatic heterocycles. The highest BCUT2D eigenvalue weighted by atomic mass is 35.5. The molecule has 1 aromatic heterocycles. The first-order chi connectivity index (χ1) is 13.1. The number of aromatic nitrogens is 2. The molecular formula is C19H31Cl2N5O3. The lowest BCUT2D eigenvalue weighted by molar-refractivity contribution is -0.124. The number of hydrogen-bond acceptors (Lipinski definition) is 7. The molecule has 10 heteroatoms. The molecule has 3 rings (SSSR count). The minimum absolute atomic E-state index is 0. The smallest absolute Gasteiger partial charge is 0.267 e. The van der Waals surface area contributed by atoms with Crippen LogP contribution in [0.4, 0.5) is 5.82 Å². The van der Waals surface area contributed by atoms with Crippen molar-refractivity contribution in [1.29, 1.82) is 0 Å². The van der Waals surface area contributed by atoms with Crippen molar-refractivity contribution in [2.45, 2.75) is 50.5 Å². The van der Waals surface area contributed by atoms with Crippen molar-refractivity contribution in [3.63, 3.8) is 0 Å². The van der Waals surface area contributed by atoms with Crippen LogP contribution in [0.3, 0.4) is 0 Å². The number of hydroxylamine groups is 1. The van der Waals surface area contributed by atoms with E-state index in [0.29, 0.717) is 11.5 Å². The summed E-state index contributed by atoms with van der Waals surface area (Å²) < 4.78 is 0. The molecule has 2 heterocycles. The van der Waals surface area contributed by atoms with E-state index in [0.717, 1.165) is 38.8 Å². The summed E-state index contributed by atoms with van der Waals surface area (Å²) in [7, 11) is 0. The Balaban J connectivity index is 0.00000210. The van der Waals surface area contributed by atoms with E-state index in [1.807, 2.05) is 0 Å². The van der Waals surface area contributed by atoms with Gasteiger partial charge in [0.1, 0.15) is 5.82 Å². The summed E-state index contributed by atoms with van der Waals surface area (Å²) in [5, 5.41) is 25.6. The number of hydrogen-bond donors (Lipinski definition) is 5. The van der Waals surface area contributed by atoms with Crippen molar-refractivity contribution < 1.29 is 15.1 Å². The number of halogens is 2. The van der Waals surface area contributed by atoms with Gasteiger partial charge in [0, 0.05) is 19.2 Å². The first kappa shape index (κ1) is 25.6. The Morgan fingerprint density at radius 1 is 1.17 bits per heavy atom. The lowest BCUT2D eigenvalue weighted by atomic mass is 9.67. The molecule has 8 nitrogen and oxygen atoms in total. The number of nitrogens with one attached hydrogen (secondary N) is 3. The van der Waals surface area contributed by atoms with Gasteiger partial charge in [-0.2, -0.15) is 0 Å². The van der Waals surface area contributed by atoms with Crippen molar-refractivity contribution in [3.05, 3.63) is 24.2 Å². The fourth-order valence-corrected chi connectivity index (χ4v) is 4.41. The Morgan fingerprint density at radius 3 is 2.48 bits per heavy atom. The highest BCUT2D eigenvalue weighted by Crippen LogP contribution is 2.44. The molecule has 164 valence electrons. The number of nitrogens with zero attached hydrogens (tertiary/aromatic N) is 2. The number of anilines is 1. The minimum Gasteiger partial charge on any atom is -0.396 e. The molecule has 1 saturated heterocycles. The van der Waals surface area contributed by atoms with Gasteiger partial charge in [-0.3, -0.25) is 15.0 Å². The number of aliphatic hydroxyl groups excluding tert-OH is 1. The molecule has 5 N–H and O–H groups in total. The molecule has 1 atom stereocenters. The molecule has 1 aromatic rings. The monoisotopic (exact) mass is 447 g/mol. The summed E-state index contributed by atoms with van der Waals surface area (Å²) in [5.74, 6) is 0.0723. The van der Waals surface area contributed by atoms with Gasteiger partial charge in [-0.15, -0.1) is 24.8 Å². The van der Waals surface area contributed by atoms with Crippen LogP contribution >= 0.6 is 24.8 Å². The van der Waals surface area contributed by atoms with Crippen molar-refractivity contribution in [2.75, 3.05) is 25.0 Å². The van der Waals surface area contributed by atoms with E-state index in [-0.39, 0.29) is 42.4 Å². The average Bonchev–Trinajstić information content (AvgIpc) is 3.15. The minimum atomic E-state index is -0.614. The normalized spacial score (nSPS) is 23.1. The largest absolute Gasteiger partial charge is 0.396 e. The lowest BCUT2D eigenvalue weighted by Crippen LogP contribution is -2.47. The fourth-order valence-electron chi connectivity index (χ4n) is 4.41. The topological polar surface area (TPSA) is 119 Å². The predicted octanol–water partition coefficient (Wildman–Crippen LogP) is 2.32. The predicted molar refractivity (Wildman–Crippen MR) is 117 cm³/mol. The van der Waals surface area contributed by atoms with E-state index in [4.69, 9.17) is 5.21 Å². The molecule has 2 fully saturated rings. The summed E-state index contributed by atoms with van der Waals surface area (Å²) in [6.45, 7) is 2.02.